The number of imidazole rings is 1. The van der Waals surface area contributed by atoms with E-state index in [0.717, 1.165) is 41.7 Å². The van der Waals surface area contributed by atoms with E-state index in [1.807, 2.05) is 12.1 Å². The highest BCUT2D eigenvalue weighted by atomic mass is 15.5. The molecule has 10 heteroatoms. The van der Waals surface area contributed by atoms with Gasteiger partial charge in [-0.2, -0.15) is 10.4 Å². The molecule has 0 aliphatic carbocycles. The Morgan fingerprint density at radius 1 is 0.955 bits per heavy atom. The normalized spacial score (nSPS) is 11.3. The number of nitrogens with one attached hydrogen (secondary N) is 3. The summed E-state index contributed by atoms with van der Waals surface area (Å²) in [5.41, 5.74) is 3.04. The molecule has 0 saturated heterocycles. The zero-order valence-electron chi connectivity index (χ0n) is 11.5. The van der Waals surface area contributed by atoms with Crippen molar-refractivity contribution in [2.24, 2.45) is 0 Å². The van der Waals surface area contributed by atoms with E-state index in [1.54, 1.807) is 0 Å². The van der Waals surface area contributed by atoms with Crippen molar-refractivity contribution in [2.45, 2.75) is 19.3 Å². The van der Waals surface area contributed by atoms with E-state index in [9.17, 15) is 0 Å². The molecule has 3 N–H and O–H groups in total. The Balaban J connectivity index is 1.58. The Labute approximate surface area is 123 Å². The zero-order chi connectivity index (χ0) is 14.8. The van der Waals surface area contributed by atoms with Gasteiger partial charge < -0.3 is 4.98 Å². The molecule has 22 heavy (non-hydrogen) atoms. The van der Waals surface area contributed by atoms with Crippen LogP contribution in [0.15, 0.2) is 18.2 Å². The highest BCUT2D eigenvalue weighted by Crippen LogP contribution is 2.21. The van der Waals surface area contributed by atoms with Crippen molar-refractivity contribution in [2.75, 3.05) is 0 Å². The first-order valence-corrected chi connectivity index (χ1v) is 6.84. The number of hydrogen-bond acceptors (Lipinski definition) is 7. The summed E-state index contributed by atoms with van der Waals surface area (Å²) >= 11 is 0. The monoisotopic (exact) mass is 296 g/mol. The highest BCUT2D eigenvalue weighted by molar-refractivity contribution is 5.81. The van der Waals surface area contributed by atoms with Crippen LogP contribution in [-0.2, 0) is 12.8 Å². The third-order valence-electron chi connectivity index (χ3n) is 3.39. The second kappa shape index (κ2) is 5.31. The van der Waals surface area contributed by atoms with Crippen LogP contribution in [0.4, 0.5) is 0 Å². The zero-order valence-corrected chi connectivity index (χ0v) is 11.5. The van der Waals surface area contributed by atoms with Gasteiger partial charge in [0, 0.05) is 6.42 Å². The van der Waals surface area contributed by atoms with Crippen LogP contribution in [-0.4, -0.2) is 51.2 Å². The van der Waals surface area contributed by atoms with Gasteiger partial charge in [0.05, 0.1) is 11.0 Å². The Hall–Kier alpha value is -3.17. The molecular formula is C12H12N10. The van der Waals surface area contributed by atoms with Crippen molar-refractivity contribution in [1.29, 1.82) is 0 Å². The van der Waals surface area contributed by atoms with Crippen molar-refractivity contribution in [3.63, 3.8) is 0 Å². The van der Waals surface area contributed by atoms with Crippen LogP contribution in [0.2, 0.25) is 0 Å². The first-order chi connectivity index (χ1) is 10.9. The third kappa shape index (κ3) is 2.30. The summed E-state index contributed by atoms with van der Waals surface area (Å²) in [6.45, 7) is 0. The highest BCUT2D eigenvalue weighted by Gasteiger charge is 2.11. The van der Waals surface area contributed by atoms with Crippen LogP contribution in [0.5, 0.6) is 0 Å². The van der Waals surface area contributed by atoms with Crippen LogP contribution in [0, 0.1) is 0 Å². The Kier molecular flexibility index (Phi) is 3.03. The van der Waals surface area contributed by atoms with Crippen molar-refractivity contribution in [3.05, 3.63) is 29.6 Å². The maximum atomic E-state index is 4.58. The molecule has 0 atom stereocenters. The number of aromatic nitrogens is 10. The van der Waals surface area contributed by atoms with Gasteiger partial charge in [-0.05, 0) is 29.7 Å². The number of rotatable bonds is 5. The average molecular weight is 296 g/mol. The van der Waals surface area contributed by atoms with Gasteiger partial charge in [-0.25, -0.2) is 4.98 Å². The molecule has 3 heterocycles. The Bertz CT molecular complexity index is 861. The lowest BCUT2D eigenvalue weighted by Crippen LogP contribution is -1.93. The second-order valence-corrected chi connectivity index (χ2v) is 4.82. The van der Waals surface area contributed by atoms with Crippen LogP contribution in [0.25, 0.3) is 22.7 Å². The van der Waals surface area contributed by atoms with E-state index in [0.29, 0.717) is 11.6 Å². The summed E-state index contributed by atoms with van der Waals surface area (Å²) in [4.78, 5) is 7.79. The van der Waals surface area contributed by atoms with Crippen molar-refractivity contribution in [3.8, 4) is 11.6 Å². The fourth-order valence-corrected chi connectivity index (χ4v) is 2.39. The molecule has 0 saturated carbocycles. The number of H-pyrrole nitrogens is 3. The smallest absolute Gasteiger partial charge is 0.239 e. The number of fused-ring (bicyclic) bond motifs is 1. The predicted octanol–water partition coefficient (Wildman–Crippen LogP) is 0.431. The van der Waals surface area contributed by atoms with Gasteiger partial charge in [-0.1, -0.05) is 17.3 Å². The standard InChI is InChI=1S/C12H12N10/c1-3-7(4-2-6-9-15-19-20-16-9)10-8(5-1)13-11(14-10)12-17-21-22-18-12/h1,3,5H,2,4,6H2,(H,13,14)(H,15,16,19,20)(H,17,18,21,22). The van der Waals surface area contributed by atoms with E-state index in [4.69, 9.17) is 0 Å². The Morgan fingerprint density at radius 2 is 1.86 bits per heavy atom. The van der Waals surface area contributed by atoms with Gasteiger partial charge in [-0.15, -0.1) is 20.4 Å². The van der Waals surface area contributed by atoms with Crippen LogP contribution >= 0.6 is 0 Å². The minimum absolute atomic E-state index is 0.453. The number of aromatic amines is 3. The van der Waals surface area contributed by atoms with Gasteiger partial charge in [0.15, 0.2) is 11.6 Å². The first kappa shape index (κ1) is 12.6. The number of tetrazole rings is 2. The third-order valence-corrected chi connectivity index (χ3v) is 3.39. The lowest BCUT2D eigenvalue weighted by atomic mass is 10.1. The van der Waals surface area contributed by atoms with Crippen molar-refractivity contribution < 1.29 is 0 Å². The van der Waals surface area contributed by atoms with Gasteiger partial charge in [-0.3, -0.25) is 0 Å². The van der Waals surface area contributed by atoms with E-state index in [1.165, 1.54) is 0 Å². The lowest BCUT2D eigenvalue weighted by molar-refractivity contribution is 0.775. The molecule has 0 bridgehead atoms. The first-order valence-electron chi connectivity index (χ1n) is 6.84. The van der Waals surface area contributed by atoms with Crippen molar-refractivity contribution in [1.82, 2.24) is 51.2 Å². The minimum Gasteiger partial charge on any atom is -0.335 e. The number of hydrogen-bond donors (Lipinski definition) is 3. The largest absolute Gasteiger partial charge is 0.335 e. The number of aryl methyl sites for hydroxylation is 2. The van der Waals surface area contributed by atoms with Crippen LogP contribution < -0.4 is 0 Å². The molecule has 0 amide bonds. The molecule has 3 aromatic heterocycles. The van der Waals surface area contributed by atoms with E-state index in [-0.39, 0.29) is 0 Å². The summed E-state index contributed by atoms with van der Waals surface area (Å²) < 4.78 is 0. The van der Waals surface area contributed by atoms with Gasteiger partial charge in [0.1, 0.15) is 0 Å². The lowest BCUT2D eigenvalue weighted by Gasteiger charge is -2.00. The SMILES string of the molecule is c1cc(CCCc2nn[nH]n2)c2nc(-c3nn[nH]n3)[nH]c2c1. The summed E-state index contributed by atoms with van der Waals surface area (Å²) in [6.07, 6.45) is 2.57. The topological polar surface area (TPSA) is 138 Å². The van der Waals surface area contributed by atoms with E-state index >= 15 is 0 Å². The molecule has 110 valence electrons. The molecular weight excluding hydrogens is 284 g/mol. The summed E-state index contributed by atoms with van der Waals surface area (Å²) in [5.74, 6) is 1.78. The van der Waals surface area contributed by atoms with Crippen LogP contribution in [0.3, 0.4) is 0 Å². The van der Waals surface area contributed by atoms with Gasteiger partial charge in [0.25, 0.3) is 0 Å². The molecule has 1 aromatic carbocycles. The van der Waals surface area contributed by atoms with Crippen molar-refractivity contribution >= 4 is 11.0 Å². The van der Waals surface area contributed by atoms with Gasteiger partial charge >= 0.3 is 0 Å². The molecule has 4 aromatic rings. The van der Waals surface area contributed by atoms with E-state index < -0.39 is 0 Å². The molecule has 0 spiro atoms. The van der Waals surface area contributed by atoms with E-state index in [2.05, 4.69) is 57.3 Å². The predicted molar refractivity (Wildman–Crippen MR) is 75.5 cm³/mol. The number of benzene rings is 1. The number of nitrogens with zero attached hydrogens (tertiary/aromatic N) is 7. The molecule has 10 nitrogen and oxygen atoms in total. The molecule has 0 fully saturated rings. The second-order valence-electron chi connectivity index (χ2n) is 4.82. The molecule has 0 aliphatic heterocycles. The average Bonchev–Trinajstić information content (AvgIpc) is 3.28. The molecule has 0 radical (unpaired) electrons. The maximum absolute atomic E-state index is 4.58. The fraction of sp³-hybridized carbons (Fsp3) is 0.250. The molecule has 0 unspecified atom stereocenters. The summed E-state index contributed by atoms with van der Waals surface area (Å²) in [7, 11) is 0. The molecule has 4 rings (SSSR count). The summed E-state index contributed by atoms with van der Waals surface area (Å²) in [5, 5.41) is 27.8. The summed E-state index contributed by atoms with van der Waals surface area (Å²) in [6, 6.07) is 6.05. The van der Waals surface area contributed by atoms with Gasteiger partial charge in [0.2, 0.25) is 5.82 Å². The van der Waals surface area contributed by atoms with Crippen LogP contribution in [0.1, 0.15) is 17.8 Å². The maximum Gasteiger partial charge on any atom is 0.239 e. The Morgan fingerprint density at radius 3 is 2.68 bits per heavy atom. The minimum atomic E-state index is 0.453. The quantitative estimate of drug-likeness (QED) is 0.485. The fourth-order valence-electron chi connectivity index (χ4n) is 2.39. The number of para-hydroxylation sites is 1. The molecule has 0 aliphatic rings.